The molecule has 0 bridgehead atoms. The average Bonchev–Trinajstić information content (AvgIpc) is 2.78. The van der Waals surface area contributed by atoms with E-state index in [-0.39, 0.29) is 11.3 Å². The van der Waals surface area contributed by atoms with E-state index >= 15 is 0 Å². The third-order valence-corrected chi connectivity index (χ3v) is 4.30. The molecule has 0 aliphatic carbocycles. The molecule has 1 aromatic carbocycles. The summed E-state index contributed by atoms with van der Waals surface area (Å²) in [5, 5.41) is 0.469. The summed E-state index contributed by atoms with van der Waals surface area (Å²) in [6.45, 7) is 0. The third kappa shape index (κ3) is 3.65. The summed E-state index contributed by atoms with van der Waals surface area (Å²) in [7, 11) is 2.49. The van der Waals surface area contributed by atoms with E-state index in [2.05, 4.69) is 15.9 Å². The maximum atomic E-state index is 12.2. The molecule has 5 nitrogen and oxygen atoms in total. The zero-order chi connectivity index (χ0) is 17.0. The Morgan fingerprint density at radius 1 is 1.13 bits per heavy atom. The number of esters is 2. The highest BCUT2D eigenvalue weighted by Crippen LogP contribution is 2.31. The van der Waals surface area contributed by atoms with Gasteiger partial charge in [-0.3, -0.25) is 0 Å². The number of hydrogen-bond donors (Lipinski definition) is 0. The minimum atomic E-state index is -0.666. The summed E-state index contributed by atoms with van der Waals surface area (Å²) < 4.78 is 10.3. The van der Waals surface area contributed by atoms with Gasteiger partial charge in [0.25, 0.3) is 0 Å². The highest BCUT2D eigenvalue weighted by Gasteiger charge is 2.27. The van der Waals surface area contributed by atoms with Crippen molar-refractivity contribution in [2.75, 3.05) is 19.1 Å². The molecule has 0 amide bonds. The number of nitrogens with zero attached hydrogens (tertiary/aromatic N) is 1. The van der Waals surface area contributed by atoms with Gasteiger partial charge in [-0.25, -0.2) is 9.59 Å². The number of ether oxygens (including phenoxy) is 2. The van der Waals surface area contributed by atoms with Crippen LogP contribution in [0, 0.1) is 0 Å². The lowest BCUT2D eigenvalue weighted by Gasteiger charge is -2.23. The number of methoxy groups -OCH3 is 2. The topological polar surface area (TPSA) is 55.8 Å². The van der Waals surface area contributed by atoms with E-state index in [0.29, 0.717) is 10.7 Å². The van der Waals surface area contributed by atoms with Crippen molar-refractivity contribution >= 4 is 45.2 Å². The number of carbonyl (C=O) groups is 2. The van der Waals surface area contributed by atoms with Crippen LogP contribution < -0.4 is 4.90 Å². The zero-order valence-corrected chi connectivity index (χ0v) is 14.7. The molecule has 0 radical (unpaired) electrons. The van der Waals surface area contributed by atoms with E-state index in [0.717, 1.165) is 4.47 Å². The molecule has 0 unspecified atom stereocenters. The standard InChI is InChI=1S/C16H13BrClNO4/c1-22-15(20)11-5-3-4-8-19(14(11)16(21)23-2)10-6-7-12(17)13(18)9-10/h3-9H,1-2H3. The lowest BCUT2D eigenvalue weighted by Crippen LogP contribution is -2.26. The van der Waals surface area contributed by atoms with Crippen molar-refractivity contribution < 1.29 is 19.1 Å². The molecule has 1 heterocycles. The Morgan fingerprint density at radius 2 is 1.83 bits per heavy atom. The zero-order valence-electron chi connectivity index (χ0n) is 12.4. The van der Waals surface area contributed by atoms with Crippen LogP contribution >= 0.6 is 27.5 Å². The van der Waals surface area contributed by atoms with Gasteiger partial charge in [-0.2, -0.15) is 0 Å². The van der Waals surface area contributed by atoms with Crippen molar-refractivity contribution in [3.05, 3.63) is 63.4 Å². The van der Waals surface area contributed by atoms with Crippen LogP contribution in [0.25, 0.3) is 0 Å². The molecular formula is C16H13BrClNO4. The molecule has 120 valence electrons. The van der Waals surface area contributed by atoms with Crippen molar-refractivity contribution in [3.63, 3.8) is 0 Å². The molecule has 1 aliphatic rings. The van der Waals surface area contributed by atoms with E-state index in [4.69, 9.17) is 21.1 Å². The number of hydrogen-bond acceptors (Lipinski definition) is 5. The van der Waals surface area contributed by atoms with E-state index in [1.807, 2.05) is 0 Å². The number of allylic oxidation sites excluding steroid dienone is 2. The molecule has 2 rings (SSSR count). The predicted molar refractivity (Wildman–Crippen MR) is 91.0 cm³/mol. The summed E-state index contributed by atoms with van der Waals surface area (Å²) in [6.07, 6.45) is 6.46. The molecule has 23 heavy (non-hydrogen) atoms. The minimum absolute atomic E-state index is 0.0442. The highest BCUT2D eigenvalue weighted by atomic mass is 79.9. The largest absolute Gasteiger partial charge is 0.465 e. The first kappa shape index (κ1) is 17.3. The molecule has 0 fully saturated rings. The molecule has 0 N–H and O–H groups in total. The summed E-state index contributed by atoms with van der Waals surface area (Å²) >= 11 is 9.44. The van der Waals surface area contributed by atoms with Crippen LogP contribution in [0.15, 0.2) is 58.4 Å². The fourth-order valence-corrected chi connectivity index (χ4v) is 2.42. The van der Waals surface area contributed by atoms with Gasteiger partial charge in [-0.1, -0.05) is 17.7 Å². The first-order chi connectivity index (χ1) is 11.0. The first-order valence-corrected chi connectivity index (χ1v) is 7.66. The summed E-state index contributed by atoms with van der Waals surface area (Å²) in [4.78, 5) is 25.8. The Morgan fingerprint density at radius 3 is 2.43 bits per heavy atom. The van der Waals surface area contributed by atoms with Crippen LogP contribution in [0.1, 0.15) is 0 Å². The smallest absolute Gasteiger partial charge is 0.355 e. The Hall–Kier alpha value is -2.05. The quantitative estimate of drug-likeness (QED) is 0.728. The van der Waals surface area contributed by atoms with Gasteiger partial charge in [0.15, 0.2) is 0 Å². The fraction of sp³-hybridized carbons (Fsp3) is 0.125. The van der Waals surface area contributed by atoms with Crippen LogP contribution in [0.4, 0.5) is 5.69 Å². The molecule has 0 spiro atoms. The molecule has 7 heteroatoms. The van der Waals surface area contributed by atoms with Crippen LogP contribution in [-0.4, -0.2) is 26.2 Å². The Kier molecular flexibility index (Phi) is 5.63. The second kappa shape index (κ2) is 7.48. The van der Waals surface area contributed by atoms with Gasteiger partial charge < -0.3 is 14.4 Å². The molecule has 0 aromatic heterocycles. The number of carbonyl (C=O) groups excluding carboxylic acids is 2. The normalized spacial score (nSPS) is 13.8. The van der Waals surface area contributed by atoms with Gasteiger partial charge in [0, 0.05) is 16.4 Å². The highest BCUT2D eigenvalue weighted by molar-refractivity contribution is 9.10. The van der Waals surface area contributed by atoms with Crippen LogP contribution in [0.2, 0.25) is 5.02 Å². The maximum Gasteiger partial charge on any atom is 0.355 e. The lowest BCUT2D eigenvalue weighted by atomic mass is 10.1. The van der Waals surface area contributed by atoms with Crippen molar-refractivity contribution in [2.24, 2.45) is 0 Å². The van der Waals surface area contributed by atoms with Gasteiger partial charge >= 0.3 is 11.9 Å². The van der Waals surface area contributed by atoms with Gasteiger partial charge in [0.2, 0.25) is 0 Å². The SMILES string of the molecule is COC(=O)C1=C(C(=O)OC)N(c2ccc(Br)c(Cl)c2)C=CC=C1. The van der Waals surface area contributed by atoms with E-state index < -0.39 is 11.9 Å². The van der Waals surface area contributed by atoms with Gasteiger partial charge in [0.1, 0.15) is 5.70 Å². The second-order valence-corrected chi connectivity index (χ2v) is 5.68. The molecule has 0 atom stereocenters. The summed E-state index contributed by atoms with van der Waals surface area (Å²) in [5.41, 5.74) is 0.728. The van der Waals surface area contributed by atoms with Crippen LogP contribution in [0.5, 0.6) is 0 Å². The lowest BCUT2D eigenvalue weighted by molar-refractivity contribution is -0.139. The first-order valence-electron chi connectivity index (χ1n) is 6.49. The fourth-order valence-electron chi connectivity index (χ4n) is 2.00. The second-order valence-electron chi connectivity index (χ2n) is 4.41. The summed E-state index contributed by atoms with van der Waals surface area (Å²) in [5.74, 6) is -1.31. The Bertz CT molecular complexity index is 740. The van der Waals surface area contributed by atoms with Gasteiger partial charge in [-0.05, 0) is 46.3 Å². The van der Waals surface area contributed by atoms with Gasteiger partial charge in [0.05, 0.1) is 24.8 Å². The number of halogens is 2. The number of anilines is 1. The van der Waals surface area contributed by atoms with Crippen LogP contribution in [-0.2, 0) is 19.1 Å². The van der Waals surface area contributed by atoms with Crippen LogP contribution in [0.3, 0.4) is 0 Å². The average molecular weight is 399 g/mol. The molecule has 0 saturated carbocycles. The molecule has 0 saturated heterocycles. The van der Waals surface area contributed by atoms with Crippen molar-refractivity contribution in [3.8, 4) is 0 Å². The van der Waals surface area contributed by atoms with Crippen molar-refractivity contribution in [1.82, 2.24) is 0 Å². The van der Waals surface area contributed by atoms with Crippen molar-refractivity contribution in [1.29, 1.82) is 0 Å². The molecular weight excluding hydrogens is 386 g/mol. The maximum absolute atomic E-state index is 12.2. The Labute approximate surface area is 146 Å². The predicted octanol–water partition coefficient (Wildman–Crippen LogP) is 3.59. The van der Waals surface area contributed by atoms with E-state index in [1.165, 1.54) is 25.2 Å². The van der Waals surface area contributed by atoms with E-state index in [9.17, 15) is 9.59 Å². The van der Waals surface area contributed by atoms with E-state index in [1.54, 1.807) is 36.6 Å². The number of rotatable bonds is 3. The third-order valence-electron chi connectivity index (χ3n) is 3.07. The van der Waals surface area contributed by atoms with Crippen molar-refractivity contribution in [2.45, 2.75) is 0 Å². The monoisotopic (exact) mass is 397 g/mol. The molecule has 1 aliphatic heterocycles. The minimum Gasteiger partial charge on any atom is -0.465 e. The molecule has 1 aromatic rings. The summed E-state index contributed by atoms with van der Waals surface area (Å²) in [6, 6.07) is 5.17. The Balaban J connectivity index is 2.65. The van der Waals surface area contributed by atoms with Gasteiger partial charge in [-0.15, -0.1) is 0 Å². The number of benzene rings is 1.